The predicted molar refractivity (Wildman–Crippen MR) is 110 cm³/mol. The molecule has 1 N–H and O–H groups in total. The lowest BCUT2D eigenvalue weighted by Crippen LogP contribution is -2.53. The van der Waals surface area contributed by atoms with Crippen molar-refractivity contribution in [2.45, 2.75) is 44.6 Å². The highest BCUT2D eigenvalue weighted by Crippen LogP contribution is 2.62. The number of ether oxygens (including phenoxy) is 1. The lowest BCUT2D eigenvalue weighted by molar-refractivity contribution is -0.152. The second-order valence-electron chi connectivity index (χ2n) is 9.20. The average molecular weight is 377 g/mol. The van der Waals surface area contributed by atoms with Gasteiger partial charge in [0.2, 0.25) is 0 Å². The average Bonchev–Trinajstić information content (AvgIpc) is 2.68. The third-order valence-corrected chi connectivity index (χ3v) is 7.39. The molecule has 0 aliphatic heterocycles. The third kappa shape index (κ3) is 2.81. The maximum absolute atomic E-state index is 12.8. The molecule has 0 aromatic heterocycles. The van der Waals surface area contributed by atoms with Gasteiger partial charge in [0.05, 0.1) is 7.11 Å². The predicted octanol–water partition coefficient (Wildman–Crippen LogP) is 4.72. The Morgan fingerprint density at radius 3 is 2.39 bits per heavy atom. The molecule has 0 amide bonds. The van der Waals surface area contributed by atoms with Crippen LogP contribution < -0.4 is 0 Å². The van der Waals surface area contributed by atoms with E-state index >= 15 is 0 Å². The summed E-state index contributed by atoms with van der Waals surface area (Å²) in [5, 5.41) is 12.4. The van der Waals surface area contributed by atoms with Crippen molar-refractivity contribution in [3.63, 3.8) is 0 Å². The summed E-state index contributed by atoms with van der Waals surface area (Å²) in [5.74, 6) is 2.16. The van der Waals surface area contributed by atoms with Crippen LogP contribution >= 0.6 is 0 Å². The van der Waals surface area contributed by atoms with Gasteiger partial charge in [-0.25, -0.2) is 4.79 Å². The van der Waals surface area contributed by atoms with Crippen LogP contribution in [0.15, 0.2) is 41.4 Å². The van der Waals surface area contributed by atoms with Crippen LogP contribution in [0.4, 0.5) is 0 Å². The SMILES string of the molecule is COC(=O)C(N=Cc1c(O)ccc2ccccc12)C12CC3CC(CC(C3)C1)C2. The Hall–Kier alpha value is -2.36. The third-order valence-electron chi connectivity index (χ3n) is 7.39. The van der Waals surface area contributed by atoms with Gasteiger partial charge in [-0.3, -0.25) is 4.99 Å². The van der Waals surface area contributed by atoms with E-state index in [-0.39, 0.29) is 17.1 Å². The smallest absolute Gasteiger partial charge is 0.331 e. The van der Waals surface area contributed by atoms with Gasteiger partial charge in [0.1, 0.15) is 5.75 Å². The molecule has 146 valence electrons. The van der Waals surface area contributed by atoms with Crippen molar-refractivity contribution in [3.05, 3.63) is 42.0 Å². The van der Waals surface area contributed by atoms with Crippen molar-refractivity contribution in [1.29, 1.82) is 0 Å². The van der Waals surface area contributed by atoms with Crippen molar-refractivity contribution in [2.24, 2.45) is 28.2 Å². The molecule has 2 aromatic carbocycles. The molecule has 4 nitrogen and oxygen atoms in total. The molecule has 0 spiro atoms. The summed E-state index contributed by atoms with van der Waals surface area (Å²) >= 11 is 0. The fraction of sp³-hybridized carbons (Fsp3) is 0.500. The van der Waals surface area contributed by atoms with Crippen LogP contribution in [0.2, 0.25) is 0 Å². The second-order valence-corrected chi connectivity index (χ2v) is 9.20. The Morgan fingerprint density at radius 2 is 1.75 bits per heavy atom. The lowest BCUT2D eigenvalue weighted by Gasteiger charge is -2.58. The molecule has 28 heavy (non-hydrogen) atoms. The van der Waals surface area contributed by atoms with Crippen LogP contribution in [0.5, 0.6) is 5.75 Å². The number of esters is 1. The van der Waals surface area contributed by atoms with E-state index in [0.29, 0.717) is 5.56 Å². The summed E-state index contributed by atoms with van der Waals surface area (Å²) in [4.78, 5) is 17.6. The number of hydrogen-bond donors (Lipinski definition) is 1. The zero-order chi connectivity index (χ0) is 19.3. The maximum atomic E-state index is 12.8. The largest absolute Gasteiger partial charge is 0.507 e. The van der Waals surface area contributed by atoms with Crippen molar-refractivity contribution in [3.8, 4) is 5.75 Å². The summed E-state index contributed by atoms with van der Waals surface area (Å²) in [6, 6.07) is 11.0. The summed E-state index contributed by atoms with van der Waals surface area (Å²) in [6.07, 6.45) is 8.91. The Labute approximate surface area is 165 Å². The number of benzene rings is 2. The number of phenolic OH excluding ortho intramolecular Hbond substituents is 1. The molecule has 4 saturated carbocycles. The Bertz CT molecular complexity index is 913. The van der Waals surface area contributed by atoms with Crippen molar-refractivity contribution in [1.82, 2.24) is 0 Å². The molecule has 4 heteroatoms. The summed E-state index contributed by atoms with van der Waals surface area (Å²) in [6.45, 7) is 0. The van der Waals surface area contributed by atoms with E-state index in [1.54, 1.807) is 12.3 Å². The van der Waals surface area contributed by atoms with Crippen molar-refractivity contribution < 1.29 is 14.6 Å². The number of phenols is 1. The number of fused-ring (bicyclic) bond motifs is 1. The van der Waals surface area contributed by atoms with E-state index in [2.05, 4.69) is 0 Å². The highest BCUT2D eigenvalue weighted by Gasteiger charge is 2.56. The van der Waals surface area contributed by atoms with E-state index in [1.807, 2.05) is 30.3 Å². The van der Waals surface area contributed by atoms with Gasteiger partial charge in [0, 0.05) is 17.2 Å². The van der Waals surface area contributed by atoms with Gasteiger partial charge >= 0.3 is 5.97 Å². The fourth-order valence-electron chi connectivity index (χ4n) is 6.66. The molecular weight excluding hydrogens is 350 g/mol. The molecule has 2 aromatic rings. The van der Waals surface area contributed by atoms with E-state index < -0.39 is 6.04 Å². The van der Waals surface area contributed by atoms with E-state index in [1.165, 1.54) is 26.4 Å². The van der Waals surface area contributed by atoms with Crippen LogP contribution in [0.1, 0.15) is 44.1 Å². The minimum Gasteiger partial charge on any atom is -0.507 e. The first-order valence-electron chi connectivity index (χ1n) is 10.4. The molecule has 0 saturated heterocycles. The van der Waals surface area contributed by atoms with Gasteiger partial charge in [-0.05, 0) is 73.1 Å². The molecule has 4 aliphatic carbocycles. The summed E-state index contributed by atoms with van der Waals surface area (Å²) in [7, 11) is 1.46. The summed E-state index contributed by atoms with van der Waals surface area (Å²) < 4.78 is 5.19. The quantitative estimate of drug-likeness (QED) is 0.619. The van der Waals surface area contributed by atoms with Gasteiger partial charge in [0.15, 0.2) is 6.04 Å². The summed E-state index contributed by atoms with van der Waals surface area (Å²) in [5.41, 5.74) is 0.607. The van der Waals surface area contributed by atoms with Gasteiger partial charge in [-0.15, -0.1) is 0 Å². The molecule has 4 aliphatic rings. The van der Waals surface area contributed by atoms with Crippen LogP contribution in [-0.2, 0) is 9.53 Å². The highest BCUT2D eigenvalue weighted by atomic mass is 16.5. The van der Waals surface area contributed by atoms with E-state index in [0.717, 1.165) is 47.8 Å². The van der Waals surface area contributed by atoms with Crippen molar-refractivity contribution >= 4 is 23.0 Å². The monoisotopic (exact) mass is 377 g/mol. The highest BCUT2D eigenvalue weighted by molar-refractivity contribution is 6.02. The van der Waals surface area contributed by atoms with E-state index in [9.17, 15) is 9.90 Å². The van der Waals surface area contributed by atoms with Gasteiger partial charge < -0.3 is 9.84 Å². The first-order valence-corrected chi connectivity index (χ1v) is 10.4. The number of hydrogen-bond acceptors (Lipinski definition) is 4. The lowest BCUT2D eigenvalue weighted by atomic mass is 9.47. The standard InChI is InChI=1S/C24H27NO3/c1-28-23(27)22(24-11-15-8-16(12-24)10-17(9-15)13-24)25-14-20-19-5-3-2-4-18(19)6-7-21(20)26/h2-7,14-17,22,26H,8-13H2,1H3. The first kappa shape index (κ1) is 17.7. The molecule has 4 fully saturated rings. The second kappa shape index (κ2) is 6.61. The van der Waals surface area contributed by atoms with Crippen LogP contribution in [-0.4, -0.2) is 30.4 Å². The minimum atomic E-state index is -0.482. The number of carbonyl (C=O) groups excluding carboxylic acids is 1. The van der Waals surface area contributed by atoms with Crippen molar-refractivity contribution in [2.75, 3.05) is 7.11 Å². The number of aliphatic imine (C=N–C) groups is 1. The van der Waals surface area contributed by atoms with Gasteiger partial charge in [-0.2, -0.15) is 0 Å². The van der Waals surface area contributed by atoms with Gasteiger partial charge in [-0.1, -0.05) is 30.3 Å². The molecular formula is C24H27NO3. The zero-order valence-corrected chi connectivity index (χ0v) is 16.3. The molecule has 1 unspecified atom stereocenters. The fourth-order valence-corrected chi connectivity index (χ4v) is 6.66. The Kier molecular flexibility index (Phi) is 4.18. The number of nitrogens with zero attached hydrogens (tertiary/aromatic N) is 1. The van der Waals surface area contributed by atoms with Gasteiger partial charge in [0.25, 0.3) is 0 Å². The normalized spacial score (nSPS) is 32.1. The topological polar surface area (TPSA) is 58.9 Å². The maximum Gasteiger partial charge on any atom is 0.331 e. The Balaban J connectivity index is 1.54. The molecule has 6 rings (SSSR count). The first-order chi connectivity index (χ1) is 13.6. The number of carbonyl (C=O) groups is 1. The molecule has 0 radical (unpaired) electrons. The van der Waals surface area contributed by atoms with Crippen LogP contribution in [0.3, 0.4) is 0 Å². The number of methoxy groups -OCH3 is 1. The number of rotatable bonds is 4. The number of aromatic hydroxyl groups is 1. The molecule has 4 bridgehead atoms. The Morgan fingerprint density at radius 1 is 1.11 bits per heavy atom. The molecule has 0 heterocycles. The van der Waals surface area contributed by atoms with Crippen LogP contribution in [0, 0.1) is 23.2 Å². The zero-order valence-electron chi connectivity index (χ0n) is 16.3. The minimum absolute atomic E-state index is 0.0709. The van der Waals surface area contributed by atoms with Crippen LogP contribution in [0.25, 0.3) is 10.8 Å². The van der Waals surface area contributed by atoms with E-state index in [4.69, 9.17) is 9.73 Å². The molecule has 1 atom stereocenters.